The van der Waals surface area contributed by atoms with E-state index in [0.717, 1.165) is 6.42 Å². The van der Waals surface area contributed by atoms with Crippen LogP contribution < -0.4 is 0 Å². The molecule has 0 bridgehead atoms. The van der Waals surface area contributed by atoms with Crippen molar-refractivity contribution in [2.24, 2.45) is 0 Å². The Hall–Kier alpha value is -1.24. The average molecular weight is 300 g/mol. The third-order valence-corrected chi connectivity index (χ3v) is 4.07. The van der Waals surface area contributed by atoms with Crippen molar-refractivity contribution in [3.63, 3.8) is 0 Å². The predicted molar refractivity (Wildman–Crippen MR) is 76.7 cm³/mol. The van der Waals surface area contributed by atoms with Crippen molar-refractivity contribution in [2.45, 2.75) is 18.2 Å². The number of aromatic carboxylic acids is 1. The van der Waals surface area contributed by atoms with Crippen LogP contribution in [0.25, 0.3) is 0 Å². The van der Waals surface area contributed by atoms with E-state index in [1.165, 1.54) is 6.07 Å². The lowest BCUT2D eigenvalue weighted by Crippen LogP contribution is -2.09. The summed E-state index contributed by atoms with van der Waals surface area (Å²) in [6.07, 6.45) is 0.802. The molecule has 112 valence electrons. The number of methoxy groups -OCH3 is 1. The van der Waals surface area contributed by atoms with Crippen molar-refractivity contribution in [1.29, 1.82) is 0 Å². The first kappa shape index (κ1) is 16.8. The molecule has 0 aliphatic carbocycles. The molecule has 1 atom stereocenters. The Labute approximate surface area is 121 Å². The van der Waals surface area contributed by atoms with Gasteiger partial charge in [0.25, 0.3) is 0 Å². The topological polar surface area (TPSA) is 72.8 Å². The van der Waals surface area contributed by atoms with E-state index in [-0.39, 0.29) is 5.56 Å². The number of hydrogen-bond donors (Lipinski definition) is 1. The molecule has 1 aromatic carbocycles. The van der Waals surface area contributed by atoms with Crippen molar-refractivity contribution in [3.8, 4) is 0 Å². The van der Waals surface area contributed by atoms with E-state index in [4.69, 9.17) is 14.6 Å². The highest BCUT2D eigenvalue weighted by atomic mass is 32.2. The highest BCUT2D eigenvalue weighted by Crippen LogP contribution is 2.14. The summed E-state index contributed by atoms with van der Waals surface area (Å²) < 4.78 is 22.3. The second-order valence-electron chi connectivity index (χ2n) is 4.29. The predicted octanol–water partition coefficient (Wildman–Crippen LogP) is 1.85. The largest absolute Gasteiger partial charge is 0.478 e. The number of carboxylic acids is 1. The smallest absolute Gasteiger partial charge is 0.335 e. The number of hydrogen-bond acceptors (Lipinski definition) is 4. The summed E-state index contributed by atoms with van der Waals surface area (Å²) in [5, 5.41) is 9.03. The van der Waals surface area contributed by atoms with Gasteiger partial charge in [-0.05, 0) is 31.0 Å². The van der Waals surface area contributed by atoms with Gasteiger partial charge in [-0.1, -0.05) is 6.07 Å². The van der Waals surface area contributed by atoms with Gasteiger partial charge in [-0.15, -0.1) is 0 Å². The Balaban J connectivity index is 2.47. The monoisotopic (exact) mass is 300 g/mol. The molecule has 1 aromatic rings. The molecule has 1 rings (SSSR count). The first-order valence-electron chi connectivity index (χ1n) is 6.35. The third-order valence-electron chi connectivity index (χ3n) is 2.75. The van der Waals surface area contributed by atoms with Gasteiger partial charge in [0.05, 0.1) is 28.7 Å². The number of rotatable bonds is 9. The SMILES string of the molecule is COCCCOCCS(=O)c1ccc(C)c(C(=O)O)c1. The van der Waals surface area contributed by atoms with E-state index < -0.39 is 16.8 Å². The van der Waals surface area contributed by atoms with Crippen molar-refractivity contribution < 1.29 is 23.6 Å². The lowest BCUT2D eigenvalue weighted by atomic mass is 10.1. The van der Waals surface area contributed by atoms with Gasteiger partial charge in [-0.2, -0.15) is 0 Å². The Morgan fingerprint density at radius 1 is 1.30 bits per heavy atom. The van der Waals surface area contributed by atoms with Crippen LogP contribution in [0.5, 0.6) is 0 Å². The molecule has 0 spiro atoms. The summed E-state index contributed by atoms with van der Waals surface area (Å²) in [6, 6.07) is 4.84. The zero-order chi connectivity index (χ0) is 15.0. The molecule has 0 aromatic heterocycles. The second-order valence-corrected chi connectivity index (χ2v) is 5.86. The van der Waals surface area contributed by atoms with Gasteiger partial charge in [0, 0.05) is 25.2 Å². The standard InChI is InChI=1S/C14H20O5S/c1-11-4-5-12(10-13(11)14(15)16)20(17)9-8-19-7-3-6-18-2/h4-5,10H,3,6-9H2,1-2H3,(H,15,16). The first-order valence-corrected chi connectivity index (χ1v) is 7.67. The van der Waals surface area contributed by atoms with Crippen LogP contribution in [0.2, 0.25) is 0 Å². The number of carboxylic acid groups (broad SMARTS) is 1. The molecule has 0 saturated heterocycles. The molecule has 1 N–H and O–H groups in total. The Morgan fingerprint density at radius 3 is 2.70 bits per heavy atom. The van der Waals surface area contributed by atoms with Crippen molar-refractivity contribution >= 4 is 16.8 Å². The number of benzene rings is 1. The van der Waals surface area contributed by atoms with Gasteiger partial charge in [-0.25, -0.2) is 4.79 Å². The van der Waals surface area contributed by atoms with Crippen molar-refractivity contribution in [1.82, 2.24) is 0 Å². The Bertz CT molecular complexity index is 473. The van der Waals surface area contributed by atoms with E-state index in [0.29, 0.717) is 36.0 Å². The van der Waals surface area contributed by atoms with Gasteiger partial charge in [-0.3, -0.25) is 4.21 Å². The normalized spacial score (nSPS) is 12.3. The van der Waals surface area contributed by atoms with Crippen LogP contribution in [0.3, 0.4) is 0 Å². The molecule has 0 amide bonds. The van der Waals surface area contributed by atoms with Crippen LogP contribution in [-0.2, 0) is 20.3 Å². The molecule has 0 saturated carbocycles. The minimum absolute atomic E-state index is 0.192. The number of aryl methyl sites for hydroxylation is 1. The van der Waals surface area contributed by atoms with Gasteiger partial charge < -0.3 is 14.6 Å². The molecule has 6 heteroatoms. The van der Waals surface area contributed by atoms with Gasteiger partial charge in [0.2, 0.25) is 0 Å². The molecule has 5 nitrogen and oxygen atoms in total. The number of carbonyl (C=O) groups is 1. The molecular weight excluding hydrogens is 280 g/mol. The fourth-order valence-corrected chi connectivity index (χ4v) is 2.61. The fourth-order valence-electron chi connectivity index (χ4n) is 1.63. The second kappa shape index (κ2) is 8.84. The highest BCUT2D eigenvalue weighted by Gasteiger charge is 2.11. The molecule has 20 heavy (non-hydrogen) atoms. The first-order chi connectivity index (χ1) is 9.56. The van der Waals surface area contributed by atoms with Crippen molar-refractivity contribution in [3.05, 3.63) is 29.3 Å². The minimum atomic E-state index is -1.25. The molecular formula is C14H20O5S. The molecule has 0 aliphatic rings. The zero-order valence-electron chi connectivity index (χ0n) is 11.8. The van der Waals surface area contributed by atoms with Crippen LogP contribution in [0.1, 0.15) is 22.3 Å². The molecule has 0 heterocycles. The van der Waals surface area contributed by atoms with Crippen LogP contribution in [0.15, 0.2) is 23.1 Å². The summed E-state index contributed by atoms with van der Waals surface area (Å²) in [7, 11) is 0.386. The summed E-state index contributed by atoms with van der Waals surface area (Å²) >= 11 is 0. The highest BCUT2D eigenvalue weighted by molar-refractivity contribution is 7.85. The van der Waals surface area contributed by atoms with Gasteiger partial charge in [0.1, 0.15) is 0 Å². The van der Waals surface area contributed by atoms with E-state index >= 15 is 0 Å². The van der Waals surface area contributed by atoms with Crippen molar-refractivity contribution in [2.75, 3.05) is 32.7 Å². The van der Waals surface area contributed by atoms with Crippen LogP contribution in [0, 0.1) is 6.92 Å². The summed E-state index contributed by atoms with van der Waals surface area (Å²) in [4.78, 5) is 11.5. The lowest BCUT2D eigenvalue weighted by molar-refractivity contribution is 0.0696. The van der Waals surface area contributed by atoms with E-state index in [1.807, 2.05) is 0 Å². The number of ether oxygens (including phenoxy) is 2. The summed E-state index contributed by atoms with van der Waals surface area (Å²) in [6.45, 7) is 3.31. The maximum atomic E-state index is 12.0. The third kappa shape index (κ3) is 5.40. The molecule has 0 fully saturated rings. The van der Waals surface area contributed by atoms with Crippen LogP contribution in [-0.4, -0.2) is 48.0 Å². The lowest BCUT2D eigenvalue weighted by Gasteiger charge is -2.07. The molecule has 1 unspecified atom stereocenters. The molecule has 0 radical (unpaired) electrons. The van der Waals surface area contributed by atoms with Gasteiger partial charge in [0.15, 0.2) is 0 Å². The van der Waals surface area contributed by atoms with E-state index in [1.54, 1.807) is 26.2 Å². The molecule has 0 aliphatic heterocycles. The fraction of sp³-hybridized carbons (Fsp3) is 0.500. The summed E-state index contributed by atoms with van der Waals surface area (Å²) in [5.41, 5.74) is 0.853. The van der Waals surface area contributed by atoms with Crippen LogP contribution in [0.4, 0.5) is 0 Å². The quantitative estimate of drug-likeness (QED) is 0.705. The summed E-state index contributed by atoms with van der Waals surface area (Å²) in [5.74, 6) is -0.646. The Kier molecular flexibility index (Phi) is 7.43. The maximum Gasteiger partial charge on any atom is 0.335 e. The average Bonchev–Trinajstić information content (AvgIpc) is 2.42. The van der Waals surface area contributed by atoms with Gasteiger partial charge >= 0.3 is 5.97 Å². The van der Waals surface area contributed by atoms with E-state index in [9.17, 15) is 9.00 Å². The van der Waals surface area contributed by atoms with Crippen LogP contribution >= 0.6 is 0 Å². The zero-order valence-corrected chi connectivity index (χ0v) is 12.6. The van der Waals surface area contributed by atoms with E-state index in [2.05, 4.69) is 0 Å². The minimum Gasteiger partial charge on any atom is -0.478 e. The Morgan fingerprint density at radius 2 is 2.05 bits per heavy atom. The maximum absolute atomic E-state index is 12.0.